The molecule has 22 heavy (non-hydrogen) atoms. The fraction of sp³-hybridized carbons (Fsp3) is 0.389. The van der Waals surface area contributed by atoms with Crippen LogP contribution in [-0.2, 0) is 16.1 Å². The highest BCUT2D eigenvalue weighted by atomic mass is 35.5. The van der Waals surface area contributed by atoms with Crippen molar-refractivity contribution in [3.63, 3.8) is 0 Å². The zero-order valence-corrected chi connectivity index (χ0v) is 13.6. The van der Waals surface area contributed by atoms with Crippen molar-refractivity contribution in [1.29, 1.82) is 0 Å². The molecule has 1 fully saturated rings. The maximum absolute atomic E-state index is 11.5. The standard InChI is InChI=1S/C18H20ClNO2/c1-18(2)9-5-7-13(10-12-6-3-4-8-14(12)19)17(18)15-11-16(21)20-22-15/h3-9,15,17H,10-11H2,1-2H3,(H,20,21). The van der Waals surface area contributed by atoms with Crippen LogP contribution in [-0.4, -0.2) is 12.0 Å². The Balaban J connectivity index is 1.90. The molecule has 2 aliphatic rings. The van der Waals surface area contributed by atoms with Gasteiger partial charge in [-0.3, -0.25) is 9.63 Å². The topological polar surface area (TPSA) is 38.3 Å². The summed E-state index contributed by atoms with van der Waals surface area (Å²) in [6.45, 7) is 4.36. The van der Waals surface area contributed by atoms with Gasteiger partial charge in [-0.2, -0.15) is 0 Å². The quantitative estimate of drug-likeness (QED) is 0.919. The molecule has 1 heterocycles. The second-order valence-electron chi connectivity index (χ2n) is 6.55. The molecule has 2 unspecified atom stereocenters. The van der Waals surface area contributed by atoms with Crippen molar-refractivity contribution >= 4 is 17.5 Å². The van der Waals surface area contributed by atoms with E-state index in [1.54, 1.807) is 0 Å². The summed E-state index contributed by atoms with van der Waals surface area (Å²) < 4.78 is 0. The van der Waals surface area contributed by atoms with Crippen molar-refractivity contribution in [1.82, 2.24) is 5.48 Å². The largest absolute Gasteiger partial charge is 0.273 e. The number of amides is 1. The number of rotatable bonds is 3. The number of halogens is 1. The second kappa shape index (κ2) is 5.90. The number of nitrogens with one attached hydrogen (secondary N) is 1. The first-order valence-electron chi connectivity index (χ1n) is 7.53. The summed E-state index contributed by atoms with van der Waals surface area (Å²) in [5.74, 6) is 0.0974. The number of allylic oxidation sites excluding steroid dienone is 3. The maximum Gasteiger partial charge on any atom is 0.246 e. The molecule has 0 aromatic heterocycles. The molecule has 1 aliphatic carbocycles. The first-order chi connectivity index (χ1) is 10.5. The van der Waals surface area contributed by atoms with E-state index in [1.165, 1.54) is 5.57 Å². The Kier molecular flexibility index (Phi) is 4.11. The van der Waals surface area contributed by atoms with Gasteiger partial charge in [0.25, 0.3) is 0 Å². The Morgan fingerprint density at radius 1 is 1.36 bits per heavy atom. The van der Waals surface area contributed by atoms with Crippen LogP contribution >= 0.6 is 11.6 Å². The van der Waals surface area contributed by atoms with Crippen LogP contribution in [0.25, 0.3) is 0 Å². The Labute approximate surface area is 136 Å². The lowest BCUT2D eigenvalue weighted by molar-refractivity contribution is -0.125. The third kappa shape index (κ3) is 2.96. The van der Waals surface area contributed by atoms with E-state index in [0.717, 1.165) is 17.0 Å². The summed E-state index contributed by atoms with van der Waals surface area (Å²) in [6.07, 6.45) is 7.44. The summed E-state index contributed by atoms with van der Waals surface area (Å²) in [5, 5.41) is 0.774. The number of carbonyl (C=O) groups excluding carboxylic acids is 1. The Bertz CT molecular complexity index is 648. The fourth-order valence-electron chi connectivity index (χ4n) is 3.45. The van der Waals surface area contributed by atoms with Gasteiger partial charge in [-0.25, -0.2) is 5.48 Å². The van der Waals surface area contributed by atoms with E-state index in [9.17, 15) is 4.79 Å². The zero-order valence-electron chi connectivity index (χ0n) is 12.8. The van der Waals surface area contributed by atoms with E-state index in [1.807, 2.05) is 24.3 Å². The van der Waals surface area contributed by atoms with Gasteiger partial charge in [-0.05, 0) is 23.5 Å². The predicted molar refractivity (Wildman–Crippen MR) is 87.3 cm³/mol. The van der Waals surface area contributed by atoms with Crippen LogP contribution in [0.1, 0.15) is 25.8 Å². The van der Waals surface area contributed by atoms with Gasteiger partial charge in [0.2, 0.25) is 5.91 Å². The van der Waals surface area contributed by atoms with Crippen LogP contribution in [0.5, 0.6) is 0 Å². The molecule has 3 rings (SSSR count). The van der Waals surface area contributed by atoms with Crippen molar-refractivity contribution < 1.29 is 9.63 Å². The van der Waals surface area contributed by atoms with Gasteiger partial charge in [-0.1, -0.05) is 67.4 Å². The number of benzene rings is 1. The number of hydrogen-bond donors (Lipinski definition) is 1. The molecule has 1 amide bonds. The van der Waals surface area contributed by atoms with E-state index in [0.29, 0.717) is 6.42 Å². The van der Waals surface area contributed by atoms with E-state index in [-0.39, 0.29) is 23.3 Å². The SMILES string of the molecule is CC1(C)C=CC=C(Cc2ccccc2Cl)C1C1CC(=O)NO1. The monoisotopic (exact) mass is 317 g/mol. The van der Waals surface area contributed by atoms with E-state index in [4.69, 9.17) is 16.4 Å². The van der Waals surface area contributed by atoms with Crippen LogP contribution in [0.3, 0.4) is 0 Å². The summed E-state index contributed by atoms with van der Waals surface area (Å²) in [7, 11) is 0. The molecule has 3 nitrogen and oxygen atoms in total. The molecule has 0 spiro atoms. The molecule has 1 aromatic carbocycles. The van der Waals surface area contributed by atoms with Gasteiger partial charge in [-0.15, -0.1) is 0 Å². The predicted octanol–water partition coefficient (Wildman–Crippen LogP) is 3.84. The summed E-state index contributed by atoms with van der Waals surface area (Å²) in [6, 6.07) is 7.89. The molecule has 2 atom stereocenters. The summed E-state index contributed by atoms with van der Waals surface area (Å²) in [4.78, 5) is 17.1. The third-order valence-corrected chi connectivity index (χ3v) is 4.84. The maximum atomic E-state index is 11.5. The minimum absolute atomic E-state index is 0.0487. The lowest BCUT2D eigenvalue weighted by Crippen LogP contribution is -2.36. The van der Waals surface area contributed by atoms with Gasteiger partial charge in [0.15, 0.2) is 0 Å². The zero-order chi connectivity index (χ0) is 15.7. The number of hydrogen-bond acceptors (Lipinski definition) is 2. The second-order valence-corrected chi connectivity index (χ2v) is 6.96. The molecule has 4 heteroatoms. The van der Waals surface area contributed by atoms with E-state index >= 15 is 0 Å². The van der Waals surface area contributed by atoms with Gasteiger partial charge >= 0.3 is 0 Å². The van der Waals surface area contributed by atoms with Crippen LogP contribution in [0, 0.1) is 11.3 Å². The van der Waals surface area contributed by atoms with E-state index in [2.05, 4.69) is 37.6 Å². The van der Waals surface area contributed by atoms with Gasteiger partial charge in [0.05, 0.1) is 6.42 Å². The first-order valence-corrected chi connectivity index (χ1v) is 7.91. The van der Waals surface area contributed by atoms with Crippen molar-refractivity contribution in [3.8, 4) is 0 Å². The smallest absolute Gasteiger partial charge is 0.246 e. The van der Waals surface area contributed by atoms with Crippen LogP contribution < -0.4 is 5.48 Å². The molecule has 1 aliphatic heterocycles. The molecular formula is C18H20ClNO2. The molecule has 0 bridgehead atoms. The highest BCUT2D eigenvalue weighted by Gasteiger charge is 2.42. The lowest BCUT2D eigenvalue weighted by atomic mass is 9.67. The van der Waals surface area contributed by atoms with Crippen LogP contribution in [0.4, 0.5) is 0 Å². The highest BCUT2D eigenvalue weighted by molar-refractivity contribution is 6.31. The third-order valence-electron chi connectivity index (χ3n) is 4.47. The average molecular weight is 318 g/mol. The first kappa shape index (κ1) is 15.3. The van der Waals surface area contributed by atoms with Crippen LogP contribution in [0.2, 0.25) is 5.02 Å². The van der Waals surface area contributed by atoms with Crippen molar-refractivity contribution in [2.45, 2.75) is 32.8 Å². The molecule has 1 saturated heterocycles. The summed E-state index contributed by atoms with van der Waals surface area (Å²) >= 11 is 6.30. The minimum Gasteiger partial charge on any atom is -0.273 e. The Hall–Kier alpha value is -1.58. The van der Waals surface area contributed by atoms with Gasteiger partial charge in [0.1, 0.15) is 6.10 Å². The fourth-order valence-corrected chi connectivity index (χ4v) is 3.65. The minimum atomic E-state index is -0.138. The van der Waals surface area contributed by atoms with Crippen molar-refractivity contribution in [3.05, 3.63) is 58.7 Å². The Morgan fingerprint density at radius 3 is 2.82 bits per heavy atom. The molecule has 0 saturated carbocycles. The molecular weight excluding hydrogens is 298 g/mol. The van der Waals surface area contributed by atoms with Crippen LogP contribution in [0.15, 0.2) is 48.1 Å². The normalized spacial score (nSPS) is 26.7. The lowest BCUT2D eigenvalue weighted by Gasteiger charge is -2.38. The number of carbonyl (C=O) groups is 1. The molecule has 1 N–H and O–H groups in total. The molecule has 116 valence electrons. The molecule has 1 aromatic rings. The molecule has 0 radical (unpaired) electrons. The van der Waals surface area contributed by atoms with Gasteiger partial charge < -0.3 is 0 Å². The highest BCUT2D eigenvalue weighted by Crippen LogP contribution is 2.43. The van der Waals surface area contributed by atoms with Crippen molar-refractivity contribution in [2.75, 3.05) is 0 Å². The van der Waals surface area contributed by atoms with E-state index < -0.39 is 0 Å². The van der Waals surface area contributed by atoms with Gasteiger partial charge in [0, 0.05) is 10.9 Å². The van der Waals surface area contributed by atoms with Crippen molar-refractivity contribution in [2.24, 2.45) is 11.3 Å². The summed E-state index contributed by atoms with van der Waals surface area (Å²) in [5.41, 5.74) is 4.77. The Morgan fingerprint density at radius 2 is 2.14 bits per heavy atom. The average Bonchev–Trinajstić information content (AvgIpc) is 2.86. The number of hydroxylamine groups is 1.